The van der Waals surface area contributed by atoms with Crippen LogP contribution in [0.15, 0.2) is 42.5 Å². The molecule has 0 amide bonds. The van der Waals surface area contributed by atoms with Crippen LogP contribution in [0.1, 0.15) is 24.2 Å². The first-order chi connectivity index (χ1) is 9.99. The Balaban J connectivity index is 2.15. The van der Waals surface area contributed by atoms with Gasteiger partial charge in [0.15, 0.2) is 0 Å². The van der Waals surface area contributed by atoms with Crippen molar-refractivity contribution in [1.29, 1.82) is 0 Å². The van der Waals surface area contributed by atoms with E-state index in [1.165, 1.54) is 6.07 Å². The Morgan fingerprint density at radius 3 is 2.67 bits per heavy atom. The summed E-state index contributed by atoms with van der Waals surface area (Å²) in [6.45, 7) is 1.68. The zero-order chi connectivity index (χ0) is 15.4. The van der Waals surface area contributed by atoms with Gasteiger partial charge in [0, 0.05) is 6.07 Å². The van der Waals surface area contributed by atoms with Gasteiger partial charge in [0.1, 0.15) is 12.4 Å². The standard InChI is InChI=1S/C15H14ClNO4/c1-10(18)11-6-7-15(13(16)8-11)21-9-12-4-2-3-5-14(12)17(19)20/h2-8,10,18H,9H2,1H3/t10-/m0/s1. The normalized spacial score (nSPS) is 12.0. The molecule has 2 aromatic rings. The van der Waals surface area contributed by atoms with Crippen molar-refractivity contribution in [2.24, 2.45) is 0 Å². The number of rotatable bonds is 5. The molecule has 0 radical (unpaired) electrons. The minimum absolute atomic E-state index is 0.00854. The first-order valence-corrected chi connectivity index (χ1v) is 6.69. The zero-order valence-electron chi connectivity index (χ0n) is 11.3. The van der Waals surface area contributed by atoms with E-state index in [1.54, 1.807) is 43.3 Å². The van der Waals surface area contributed by atoms with E-state index in [4.69, 9.17) is 16.3 Å². The molecule has 0 aliphatic heterocycles. The van der Waals surface area contributed by atoms with Gasteiger partial charge in [-0.25, -0.2) is 0 Å². The van der Waals surface area contributed by atoms with Crippen LogP contribution in [0.2, 0.25) is 5.02 Å². The molecule has 0 fully saturated rings. The monoisotopic (exact) mass is 307 g/mol. The second-order valence-corrected chi connectivity index (χ2v) is 4.95. The molecule has 5 nitrogen and oxygen atoms in total. The maximum Gasteiger partial charge on any atom is 0.276 e. The second-order valence-electron chi connectivity index (χ2n) is 4.54. The van der Waals surface area contributed by atoms with E-state index in [9.17, 15) is 15.2 Å². The number of benzene rings is 2. The van der Waals surface area contributed by atoms with Crippen LogP contribution in [0, 0.1) is 10.1 Å². The van der Waals surface area contributed by atoms with Crippen molar-refractivity contribution in [2.75, 3.05) is 0 Å². The van der Waals surface area contributed by atoms with E-state index in [1.807, 2.05) is 0 Å². The average molecular weight is 308 g/mol. The van der Waals surface area contributed by atoms with Gasteiger partial charge in [-0.05, 0) is 30.7 Å². The van der Waals surface area contributed by atoms with E-state index in [-0.39, 0.29) is 12.3 Å². The summed E-state index contributed by atoms with van der Waals surface area (Å²) in [5.74, 6) is 0.416. The number of nitro groups is 1. The summed E-state index contributed by atoms with van der Waals surface area (Å²) in [5.41, 5.74) is 1.16. The number of halogens is 1. The fourth-order valence-electron chi connectivity index (χ4n) is 1.86. The Morgan fingerprint density at radius 1 is 1.33 bits per heavy atom. The molecule has 1 atom stereocenters. The van der Waals surface area contributed by atoms with Crippen molar-refractivity contribution in [3.8, 4) is 5.75 Å². The Hall–Kier alpha value is -2.11. The van der Waals surface area contributed by atoms with Crippen molar-refractivity contribution in [1.82, 2.24) is 0 Å². The largest absolute Gasteiger partial charge is 0.487 e. The fraction of sp³-hybridized carbons (Fsp3) is 0.200. The molecule has 0 saturated carbocycles. The molecular formula is C15H14ClNO4. The van der Waals surface area contributed by atoms with Crippen LogP contribution in [0.4, 0.5) is 5.69 Å². The summed E-state index contributed by atoms with van der Waals surface area (Å²) in [4.78, 5) is 10.5. The number of aliphatic hydroxyl groups excluding tert-OH is 1. The van der Waals surface area contributed by atoms with Gasteiger partial charge in [0.2, 0.25) is 0 Å². The molecule has 0 aliphatic rings. The molecule has 0 heterocycles. The summed E-state index contributed by atoms with van der Waals surface area (Å²) in [5, 5.41) is 20.7. The average Bonchev–Trinajstić information content (AvgIpc) is 2.46. The van der Waals surface area contributed by atoms with Crippen LogP contribution in [-0.2, 0) is 6.61 Å². The summed E-state index contributed by atoms with van der Waals surface area (Å²) in [7, 11) is 0. The molecule has 0 spiro atoms. The smallest absolute Gasteiger partial charge is 0.276 e. The minimum atomic E-state index is -0.619. The summed E-state index contributed by atoms with van der Waals surface area (Å²) < 4.78 is 5.53. The second kappa shape index (κ2) is 6.56. The van der Waals surface area contributed by atoms with E-state index < -0.39 is 11.0 Å². The fourth-order valence-corrected chi connectivity index (χ4v) is 2.10. The number of nitro benzene ring substituents is 1. The van der Waals surface area contributed by atoms with E-state index in [0.29, 0.717) is 21.9 Å². The molecule has 110 valence electrons. The molecule has 6 heteroatoms. The van der Waals surface area contributed by atoms with Gasteiger partial charge in [-0.1, -0.05) is 29.8 Å². The number of ether oxygens (including phenoxy) is 1. The number of nitrogens with zero attached hydrogens (tertiary/aromatic N) is 1. The Morgan fingerprint density at radius 2 is 2.05 bits per heavy atom. The first kappa shape index (κ1) is 15.3. The molecule has 0 saturated heterocycles. The maximum absolute atomic E-state index is 10.9. The topological polar surface area (TPSA) is 72.6 Å². The third-order valence-electron chi connectivity index (χ3n) is 3.01. The summed E-state index contributed by atoms with van der Waals surface area (Å²) in [6, 6.07) is 11.3. The molecule has 0 bridgehead atoms. The van der Waals surface area contributed by atoms with E-state index >= 15 is 0 Å². The summed E-state index contributed by atoms with van der Waals surface area (Å²) >= 11 is 6.07. The summed E-state index contributed by atoms with van der Waals surface area (Å²) in [6.07, 6.45) is -0.619. The number of hydrogen-bond donors (Lipinski definition) is 1. The highest BCUT2D eigenvalue weighted by Gasteiger charge is 2.13. The molecule has 0 aromatic heterocycles. The maximum atomic E-state index is 10.9. The predicted molar refractivity (Wildman–Crippen MR) is 79.5 cm³/mol. The highest BCUT2D eigenvalue weighted by atomic mass is 35.5. The zero-order valence-corrected chi connectivity index (χ0v) is 12.1. The van der Waals surface area contributed by atoms with Gasteiger partial charge < -0.3 is 9.84 Å². The van der Waals surface area contributed by atoms with Gasteiger partial charge >= 0.3 is 0 Å². The molecular weight excluding hydrogens is 294 g/mol. The lowest BCUT2D eigenvalue weighted by atomic mass is 10.1. The van der Waals surface area contributed by atoms with Crippen molar-refractivity contribution in [3.05, 3.63) is 68.7 Å². The van der Waals surface area contributed by atoms with Crippen molar-refractivity contribution in [2.45, 2.75) is 19.6 Å². The highest BCUT2D eigenvalue weighted by molar-refractivity contribution is 6.32. The molecule has 2 rings (SSSR count). The molecule has 1 N–H and O–H groups in total. The first-order valence-electron chi connectivity index (χ1n) is 6.31. The van der Waals surface area contributed by atoms with Gasteiger partial charge in [0.25, 0.3) is 5.69 Å². The number of hydrogen-bond acceptors (Lipinski definition) is 4. The van der Waals surface area contributed by atoms with Crippen LogP contribution in [0.3, 0.4) is 0 Å². The van der Waals surface area contributed by atoms with Crippen LogP contribution < -0.4 is 4.74 Å². The third kappa shape index (κ3) is 3.71. The molecule has 0 unspecified atom stereocenters. The Kier molecular flexibility index (Phi) is 4.77. The van der Waals surface area contributed by atoms with Crippen LogP contribution in [0.5, 0.6) is 5.75 Å². The van der Waals surface area contributed by atoms with E-state index in [2.05, 4.69) is 0 Å². The Labute approximate surface area is 126 Å². The molecule has 0 aliphatic carbocycles. The molecule has 21 heavy (non-hydrogen) atoms. The lowest BCUT2D eigenvalue weighted by Gasteiger charge is -2.11. The van der Waals surface area contributed by atoms with Crippen molar-refractivity contribution >= 4 is 17.3 Å². The van der Waals surface area contributed by atoms with Gasteiger partial charge in [-0.3, -0.25) is 10.1 Å². The quantitative estimate of drug-likeness (QED) is 0.672. The minimum Gasteiger partial charge on any atom is -0.487 e. The lowest BCUT2D eigenvalue weighted by Crippen LogP contribution is -2.01. The predicted octanol–water partition coefficient (Wildman–Crippen LogP) is 3.88. The number of aliphatic hydroxyl groups is 1. The van der Waals surface area contributed by atoms with Crippen LogP contribution >= 0.6 is 11.6 Å². The van der Waals surface area contributed by atoms with Gasteiger partial charge in [-0.15, -0.1) is 0 Å². The van der Waals surface area contributed by atoms with Crippen LogP contribution in [-0.4, -0.2) is 10.0 Å². The van der Waals surface area contributed by atoms with Gasteiger partial charge in [-0.2, -0.15) is 0 Å². The van der Waals surface area contributed by atoms with E-state index in [0.717, 1.165) is 0 Å². The van der Waals surface area contributed by atoms with Crippen LogP contribution in [0.25, 0.3) is 0 Å². The van der Waals surface area contributed by atoms with Gasteiger partial charge in [0.05, 0.1) is 21.6 Å². The highest BCUT2D eigenvalue weighted by Crippen LogP contribution is 2.29. The SMILES string of the molecule is C[C@H](O)c1ccc(OCc2ccccc2[N+](=O)[O-])c(Cl)c1. The lowest BCUT2D eigenvalue weighted by molar-refractivity contribution is -0.385. The third-order valence-corrected chi connectivity index (χ3v) is 3.31. The molecule has 2 aromatic carbocycles. The Bertz CT molecular complexity index is 658. The van der Waals surface area contributed by atoms with Crippen molar-refractivity contribution < 1.29 is 14.8 Å². The van der Waals surface area contributed by atoms with Crippen molar-refractivity contribution in [3.63, 3.8) is 0 Å². The number of para-hydroxylation sites is 1.